The Hall–Kier alpha value is -1.93. The molecule has 0 aromatic rings. The number of likely N-dealkylation sites (N-methyl/N-ethyl adjacent to an activating group) is 1. The molecule has 0 aromatic heterocycles. The molecule has 0 radical (unpaired) electrons. The van der Waals surface area contributed by atoms with Crippen molar-refractivity contribution in [2.45, 2.75) is 238 Å². The molecule has 1 N–H and O–H groups in total. The number of carboxylic acids is 1. The molecule has 0 aromatic carbocycles. The van der Waals surface area contributed by atoms with Crippen molar-refractivity contribution in [3.63, 3.8) is 0 Å². The first-order valence-corrected chi connectivity index (χ1v) is 23.7. The number of unbranched alkanes of at least 4 members (excludes halogenated alkanes) is 27. The molecule has 0 fully saturated rings. The lowest BCUT2D eigenvalue weighted by atomic mass is 10.0. The van der Waals surface area contributed by atoms with Crippen LogP contribution in [0.1, 0.15) is 226 Å². The van der Waals surface area contributed by atoms with Gasteiger partial charge in [0.1, 0.15) is 6.61 Å². The highest BCUT2D eigenvalue weighted by Crippen LogP contribution is 2.16. The molecule has 2 atom stereocenters. The number of hydrogen-bond donors (Lipinski definition) is 1. The summed E-state index contributed by atoms with van der Waals surface area (Å²) in [7, 11) is 5.53. The van der Waals surface area contributed by atoms with Gasteiger partial charge in [-0.25, -0.2) is 4.79 Å². The minimum atomic E-state index is -0.874. The number of hydrogen-bond acceptors (Lipinski definition) is 6. The normalized spacial score (nSPS) is 12.9. The molecule has 0 saturated carbocycles. The van der Waals surface area contributed by atoms with Crippen LogP contribution in [0.3, 0.4) is 0 Å². The maximum absolute atomic E-state index is 12.7. The van der Waals surface area contributed by atoms with E-state index >= 15 is 0 Å². The number of ether oxygens (including phenoxy) is 3. The van der Waals surface area contributed by atoms with E-state index in [9.17, 15) is 19.5 Å². The van der Waals surface area contributed by atoms with E-state index in [2.05, 4.69) is 26.0 Å². The lowest BCUT2D eigenvalue weighted by molar-refractivity contribution is -0.887. The summed E-state index contributed by atoms with van der Waals surface area (Å²) in [6, 6.07) is -0.612. The van der Waals surface area contributed by atoms with Crippen LogP contribution in [-0.2, 0) is 28.6 Å². The highest BCUT2D eigenvalue weighted by Gasteiger charge is 2.31. The van der Waals surface area contributed by atoms with Crippen molar-refractivity contribution >= 4 is 17.9 Å². The third kappa shape index (κ3) is 37.6. The zero-order valence-corrected chi connectivity index (χ0v) is 37.6. The second-order valence-electron chi connectivity index (χ2n) is 17.4. The third-order valence-corrected chi connectivity index (χ3v) is 10.9. The minimum absolute atomic E-state index is 0.0497. The molecule has 0 aliphatic heterocycles. The van der Waals surface area contributed by atoms with Gasteiger partial charge in [-0.2, -0.15) is 0 Å². The highest BCUT2D eigenvalue weighted by atomic mass is 16.6. The first kappa shape index (κ1) is 54.1. The van der Waals surface area contributed by atoms with Crippen molar-refractivity contribution in [1.82, 2.24) is 0 Å². The second kappa shape index (κ2) is 39.9. The van der Waals surface area contributed by atoms with Crippen molar-refractivity contribution in [3.05, 3.63) is 12.2 Å². The molecule has 330 valence electrons. The SMILES string of the molecule is CCCC/C=C/CCCCCCC(=O)OC(COCCC(C(=O)O)[N+](C)(C)C)COC(=O)CCCCCCCCCCCCCCCCCCCCCCCC. The van der Waals surface area contributed by atoms with Crippen LogP contribution in [-0.4, -0.2) is 80.6 Å². The van der Waals surface area contributed by atoms with Gasteiger partial charge in [0.05, 0.1) is 34.4 Å². The predicted octanol–water partition coefficient (Wildman–Crippen LogP) is 13.1. The van der Waals surface area contributed by atoms with Crippen LogP contribution < -0.4 is 0 Å². The minimum Gasteiger partial charge on any atom is -0.477 e. The van der Waals surface area contributed by atoms with Crippen molar-refractivity contribution < 1.29 is 38.2 Å². The fraction of sp³-hybridized carbons (Fsp3) is 0.896. The summed E-state index contributed by atoms with van der Waals surface area (Å²) in [5, 5.41) is 9.61. The van der Waals surface area contributed by atoms with E-state index < -0.39 is 18.1 Å². The van der Waals surface area contributed by atoms with E-state index in [1.807, 2.05) is 21.1 Å². The van der Waals surface area contributed by atoms with Crippen LogP contribution in [0.25, 0.3) is 0 Å². The molecule has 0 heterocycles. The number of carboxylic acid groups (broad SMARTS) is 1. The van der Waals surface area contributed by atoms with Crippen LogP contribution in [0.2, 0.25) is 0 Å². The Morgan fingerprint density at radius 3 is 1.34 bits per heavy atom. The summed E-state index contributed by atoms with van der Waals surface area (Å²) in [6.07, 6.45) is 42.7. The molecular formula is C48H92NO7+. The zero-order valence-electron chi connectivity index (χ0n) is 37.6. The number of rotatable bonds is 43. The number of carbonyl (C=O) groups excluding carboxylic acids is 2. The largest absolute Gasteiger partial charge is 0.477 e. The standard InChI is InChI=1S/C48H91NO7/c1-6-8-10-12-14-16-18-19-20-21-22-23-24-25-26-27-28-29-31-32-34-36-38-46(50)55-43-44(42-54-41-40-45(48(52)53)49(3,4)5)56-47(51)39-37-35-33-30-17-15-13-11-9-7-2/h13,15,44-45H,6-12,14,16-43H2,1-5H3/p+1/b15-13+. The Morgan fingerprint density at radius 2 is 0.911 bits per heavy atom. The average Bonchev–Trinajstić information content (AvgIpc) is 3.15. The Morgan fingerprint density at radius 1 is 0.518 bits per heavy atom. The molecule has 0 rings (SSSR count). The van der Waals surface area contributed by atoms with Gasteiger partial charge >= 0.3 is 17.9 Å². The highest BCUT2D eigenvalue weighted by molar-refractivity contribution is 5.72. The summed E-state index contributed by atoms with van der Waals surface area (Å²) in [5.74, 6) is -1.47. The van der Waals surface area contributed by atoms with Crippen molar-refractivity contribution in [2.24, 2.45) is 0 Å². The fourth-order valence-electron chi connectivity index (χ4n) is 7.19. The molecule has 56 heavy (non-hydrogen) atoms. The number of carbonyl (C=O) groups is 3. The Labute approximate surface area is 346 Å². The summed E-state index contributed by atoms with van der Waals surface area (Å²) in [6.45, 7) is 4.71. The number of nitrogens with zero attached hydrogens (tertiary/aromatic N) is 1. The van der Waals surface area contributed by atoms with E-state index in [1.54, 1.807) is 0 Å². The van der Waals surface area contributed by atoms with E-state index in [1.165, 1.54) is 135 Å². The fourth-order valence-corrected chi connectivity index (χ4v) is 7.19. The molecule has 0 spiro atoms. The number of allylic oxidation sites excluding steroid dienone is 2. The van der Waals surface area contributed by atoms with Crippen LogP contribution in [0, 0.1) is 0 Å². The monoisotopic (exact) mass is 795 g/mol. The van der Waals surface area contributed by atoms with Gasteiger partial charge in [-0.3, -0.25) is 9.59 Å². The maximum Gasteiger partial charge on any atom is 0.362 e. The Kier molecular flexibility index (Phi) is 38.5. The van der Waals surface area contributed by atoms with Gasteiger partial charge in [0, 0.05) is 19.3 Å². The lowest BCUT2D eigenvalue weighted by Gasteiger charge is -2.31. The molecule has 0 aliphatic carbocycles. The summed E-state index contributed by atoms with van der Waals surface area (Å²) in [4.78, 5) is 36.9. The molecule has 0 bridgehead atoms. The Bertz CT molecular complexity index is 931. The summed E-state index contributed by atoms with van der Waals surface area (Å²) in [5.41, 5.74) is 0. The van der Waals surface area contributed by atoms with Gasteiger partial charge in [-0.1, -0.05) is 187 Å². The average molecular weight is 795 g/mol. The topological polar surface area (TPSA) is 99.1 Å². The molecule has 8 heteroatoms. The van der Waals surface area contributed by atoms with Gasteiger partial charge in [0.25, 0.3) is 0 Å². The van der Waals surface area contributed by atoms with Gasteiger partial charge < -0.3 is 23.8 Å². The van der Waals surface area contributed by atoms with Crippen molar-refractivity contribution in [1.29, 1.82) is 0 Å². The lowest BCUT2D eigenvalue weighted by Crippen LogP contribution is -2.50. The molecule has 0 saturated heterocycles. The van der Waals surface area contributed by atoms with Gasteiger partial charge in [0.2, 0.25) is 0 Å². The first-order valence-electron chi connectivity index (χ1n) is 23.7. The first-order chi connectivity index (χ1) is 27.1. The quantitative estimate of drug-likeness (QED) is 0.0284. The van der Waals surface area contributed by atoms with Gasteiger partial charge in [-0.15, -0.1) is 0 Å². The van der Waals surface area contributed by atoms with Gasteiger partial charge in [0.15, 0.2) is 12.1 Å². The van der Waals surface area contributed by atoms with Crippen LogP contribution >= 0.6 is 0 Å². The second-order valence-corrected chi connectivity index (χ2v) is 17.4. The van der Waals surface area contributed by atoms with Crippen LogP contribution in [0.4, 0.5) is 0 Å². The summed E-state index contributed by atoms with van der Waals surface area (Å²) >= 11 is 0. The molecule has 0 aliphatic rings. The van der Waals surface area contributed by atoms with E-state index in [0.29, 0.717) is 19.3 Å². The zero-order chi connectivity index (χ0) is 41.4. The van der Waals surface area contributed by atoms with Crippen LogP contribution in [0.5, 0.6) is 0 Å². The molecule has 2 unspecified atom stereocenters. The number of aliphatic carboxylic acids is 1. The molecular weight excluding hydrogens is 703 g/mol. The van der Waals surface area contributed by atoms with E-state index in [4.69, 9.17) is 14.2 Å². The number of esters is 2. The predicted molar refractivity (Wildman–Crippen MR) is 234 cm³/mol. The van der Waals surface area contributed by atoms with E-state index in [0.717, 1.165) is 57.8 Å². The van der Waals surface area contributed by atoms with Crippen molar-refractivity contribution in [2.75, 3.05) is 41.0 Å². The Balaban J connectivity index is 4.12. The third-order valence-electron chi connectivity index (χ3n) is 10.9. The van der Waals surface area contributed by atoms with Crippen molar-refractivity contribution in [3.8, 4) is 0 Å². The summed E-state index contributed by atoms with van der Waals surface area (Å²) < 4.78 is 17.3. The van der Waals surface area contributed by atoms with Crippen LogP contribution in [0.15, 0.2) is 12.2 Å². The van der Waals surface area contributed by atoms with E-state index in [-0.39, 0.29) is 36.2 Å². The smallest absolute Gasteiger partial charge is 0.362 e. The molecule has 8 nitrogen and oxygen atoms in total. The molecule has 0 amide bonds. The van der Waals surface area contributed by atoms with Gasteiger partial charge in [-0.05, 0) is 32.1 Å². The number of quaternary nitrogens is 1. The maximum atomic E-state index is 12.7.